The molecule has 0 aliphatic carbocycles. The summed E-state index contributed by atoms with van der Waals surface area (Å²) in [5.74, 6) is -1.29. The van der Waals surface area contributed by atoms with Gasteiger partial charge in [-0.25, -0.2) is 12.8 Å². The van der Waals surface area contributed by atoms with Crippen LogP contribution in [0.4, 0.5) is 4.39 Å². The Morgan fingerprint density at radius 1 is 1.11 bits per heavy atom. The molecule has 1 unspecified atom stereocenters. The average Bonchev–Trinajstić information content (AvgIpc) is 2.61. The zero-order valence-electron chi connectivity index (χ0n) is 14.5. The molecular weight excluding hydrogens is 377 g/mol. The summed E-state index contributed by atoms with van der Waals surface area (Å²) in [7, 11) is -3.39. The van der Waals surface area contributed by atoms with Crippen molar-refractivity contribution in [3.63, 3.8) is 0 Å². The van der Waals surface area contributed by atoms with Crippen LogP contribution in [0.1, 0.15) is 17.2 Å². The molecule has 0 fully saturated rings. The fourth-order valence-electron chi connectivity index (χ4n) is 2.47. The lowest BCUT2D eigenvalue weighted by Gasteiger charge is -2.22. The van der Waals surface area contributed by atoms with Gasteiger partial charge in [0.15, 0.2) is 21.3 Å². The van der Waals surface area contributed by atoms with E-state index in [1.54, 1.807) is 0 Å². The molecule has 2 rings (SSSR count). The molecule has 0 radical (unpaired) electrons. The summed E-state index contributed by atoms with van der Waals surface area (Å²) in [6.07, 6.45) is -0.519. The van der Waals surface area contributed by atoms with Gasteiger partial charge in [-0.15, -0.1) is 0 Å². The Bertz CT molecular complexity index is 914. The van der Waals surface area contributed by atoms with Gasteiger partial charge in [0.25, 0.3) is 0 Å². The molecule has 9 heteroatoms. The first-order valence-corrected chi connectivity index (χ1v) is 9.85. The fourth-order valence-corrected chi connectivity index (χ4v) is 3.10. The first-order valence-electron chi connectivity index (χ1n) is 7.96. The Labute approximate surface area is 156 Å². The standard InChI is InChI=1S/C18H20FNO6S/c1-27(25,26)13-5-3-12(4-6-13)18(24)14(10-19)20-17(23)9-11-2-7-15(21)16(22)8-11/h2-8,14,18,21-22,24H,9-10H2,1H3,(H,20,23)/t14?,18-/m0/s1. The number of halogens is 1. The number of alkyl halides is 1. The number of benzene rings is 2. The largest absolute Gasteiger partial charge is 0.504 e. The van der Waals surface area contributed by atoms with E-state index in [1.807, 2.05) is 0 Å². The van der Waals surface area contributed by atoms with E-state index in [0.717, 1.165) is 6.26 Å². The summed E-state index contributed by atoms with van der Waals surface area (Å²) in [5.41, 5.74) is 0.653. The van der Waals surface area contributed by atoms with Crippen LogP contribution in [0, 0.1) is 0 Å². The van der Waals surface area contributed by atoms with Crippen molar-refractivity contribution >= 4 is 15.7 Å². The first kappa shape index (κ1) is 20.7. The van der Waals surface area contributed by atoms with E-state index in [4.69, 9.17) is 0 Å². The molecule has 7 nitrogen and oxygen atoms in total. The lowest BCUT2D eigenvalue weighted by Crippen LogP contribution is -2.41. The predicted octanol–water partition coefficient (Wildman–Crippen LogP) is 1.23. The number of aliphatic hydroxyl groups excluding tert-OH is 1. The maximum Gasteiger partial charge on any atom is 0.224 e. The van der Waals surface area contributed by atoms with Gasteiger partial charge in [0.05, 0.1) is 17.4 Å². The summed E-state index contributed by atoms with van der Waals surface area (Å²) in [6.45, 7) is -1.04. The summed E-state index contributed by atoms with van der Waals surface area (Å²) in [4.78, 5) is 12.1. The quantitative estimate of drug-likeness (QED) is 0.521. The number of sulfone groups is 1. The average molecular weight is 397 g/mol. The molecule has 0 aliphatic heterocycles. The second kappa shape index (κ2) is 8.36. The molecule has 0 spiro atoms. The van der Waals surface area contributed by atoms with E-state index in [9.17, 15) is 32.9 Å². The van der Waals surface area contributed by atoms with Gasteiger partial charge < -0.3 is 20.6 Å². The molecule has 146 valence electrons. The maximum absolute atomic E-state index is 13.3. The van der Waals surface area contributed by atoms with Crippen molar-refractivity contribution < 1.29 is 32.9 Å². The third kappa shape index (κ3) is 5.41. The van der Waals surface area contributed by atoms with Crippen LogP contribution >= 0.6 is 0 Å². The zero-order chi connectivity index (χ0) is 20.2. The highest BCUT2D eigenvalue weighted by Crippen LogP contribution is 2.25. The number of phenolic OH excluding ortho intramolecular Hbond substituents is 2. The number of hydrogen-bond donors (Lipinski definition) is 4. The number of aromatic hydroxyl groups is 2. The molecule has 0 bridgehead atoms. The monoisotopic (exact) mass is 397 g/mol. The molecule has 4 N–H and O–H groups in total. The minimum atomic E-state index is -3.39. The molecule has 0 aliphatic rings. The highest BCUT2D eigenvalue weighted by Gasteiger charge is 2.23. The van der Waals surface area contributed by atoms with Crippen LogP contribution in [-0.4, -0.2) is 48.6 Å². The van der Waals surface area contributed by atoms with Crippen molar-refractivity contribution in [3.05, 3.63) is 53.6 Å². The van der Waals surface area contributed by atoms with Gasteiger partial charge in [-0.05, 0) is 35.4 Å². The number of aliphatic hydroxyl groups is 1. The van der Waals surface area contributed by atoms with Crippen molar-refractivity contribution in [1.29, 1.82) is 0 Å². The van der Waals surface area contributed by atoms with Crippen LogP contribution in [-0.2, 0) is 21.1 Å². The Balaban J connectivity index is 2.06. The van der Waals surface area contributed by atoms with Gasteiger partial charge in [-0.2, -0.15) is 0 Å². The molecule has 1 amide bonds. The maximum atomic E-state index is 13.3. The zero-order valence-corrected chi connectivity index (χ0v) is 15.3. The van der Waals surface area contributed by atoms with Crippen LogP contribution in [0.15, 0.2) is 47.4 Å². The Morgan fingerprint density at radius 2 is 1.74 bits per heavy atom. The normalized spacial score (nSPS) is 13.7. The lowest BCUT2D eigenvalue weighted by molar-refractivity contribution is -0.122. The van der Waals surface area contributed by atoms with Gasteiger partial charge in [0.1, 0.15) is 12.8 Å². The van der Waals surface area contributed by atoms with E-state index >= 15 is 0 Å². The Morgan fingerprint density at radius 3 is 2.26 bits per heavy atom. The molecular formula is C18H20FNO6S. The number of carbonyl (C=O) groups excluding carboxylic acids is 1. The van der Waals surface area contributed by atoms with Crippen molar-refractivity contribution in [1.82, 2.24) is 5.32 Å². The van der Waals surface area contributed by atoms with Gasteiger partial charge in [0.2, 0.25) is 5.91 Å². The number of phenols is 2. The second-order valence-electron chi connectivity index (χ2n) is 6.11. The summed E-state index contributed by atoms with van der Waals surface area (Å²) in [5, 5.41) is 31.4. The van der Waals surface area contributed by atoms with Crippen LogP contribution < -0.4 is 5.32 Å². The molecule has 2 atom stereocenters. The first-order chi connectivity index (χ1) is 12.6. The molecule has 27 heavy (non-hydrogen) atoms. The Kier molecular flexibility index (Phi) is 6.40. The number of rotatable bonds is 7. The number of amides is 1. The van der Waals surface area contributed by atoms with Crippen molar-refractivity contribution in [3.8, 4) is 11.5 Å². The third-order valence-corrected chi connectivity index (χ3v) is 5.08. The minimum Gasteiger partial charge on any atom is -0.504 e. The van der Waals surface area contributed by atoms with E-state index in [0.29, 0.717) is 5.56 Å². The smallest absolute Gasteiger partial charge is 0.224 e. The van der Waals surface area contributed by atoms with Crippen LogP contribution in [0.25, 0.3) is 0 Å². The van der Waals surface area contributed by atoms with Gasteiger partial charge in [-0.1, -0.05) is 18.2 Å². The van der Waals surface area contributed by atoms with Crippen molar-refractivity contribution in [2.24, 2.45) is 0 Å². The molecule has 2 aromatic rings. The van der Waals surface area contributed by atoms with Gasteiger partial charge in [0, 0.05) is 6.26 Å². The topological polar surface area (TPSA) is 124 Å². The van der Waals surface area contributed by atoms with Crippen LogP contribution in [0.2, 0.25) is 0 Å². The summed E-state index contributed by atoms with van der Waals surface area (Å²) < 4.78 is 36.2. The minimum absolute atomic E-state index is 0.0615. The van der Waals surface area contributed by atoms with E-state index in [1.165, 1.54) is 42.5 Å². The van der Waals surface area contributed by atoms with Crippen molar-refractivity contribution in [2.45, 2.75) is 23.5 Å². The number of carbonyl (C=O) groups is 1. The van der Waals surface area contributed by atoms with Crippen LogP contribution in [0.3, 0.4) is 0 Å². The highest BCUT2D eigenvalue weighted by molar-refractivity contribution is 7.90. The van der Waals surface area contributed by atoms with Crippen molar-refractivity contribution in [2.75, 3.05) is 12.9 Å². The van der Waals surface area contributed by atoms with Gasteiger partial charge in [-0.3, -0.25) is 4.79 Å². The second-order valence-corrected chi connectivity index (χ2v) is 8.13. The molecule has 0 aromatic heterocycles. The van der Waals surface area contributed by atoms with E-state index < -0.39 is 34.6 Å². The van der Waals surface area contributed by atoms with Crippen LogP contribution in [0.5, 0.6) is 11.5 Å². The highest BCUT2D eigenvalue weighted by atomic mass is 32.2. The van der Waals surface area contributed by atoms with Gasteiger partial charge >= 0.3 is 0 Å². The SMILES string of the molecule is CS(=O)(=O)c1ccc([C@H](O)C(CF)NC(=O)Cc2ccc(O)c(O)c2)cc1. The van der Waals surface area contributed by atoms with E-state index in [2.05, 4.69) is 5.32 Å². The number of hydrogen-bond acceptors (Lipinski definition) is 6. The molecule has 2 aromatic carbocycles. The summed E-state index contributed by atoms with van der Waals surface area (Å²) in [6, 6.07) is 7.94. The molecule has 0 saturated carbocycles. The predicted molar refractivity (Wildman–Crippen MR) is 95.9 cm³/mol. The molecule has 0 heterocycles. The molecule has 0 saturated heterocycles. The lowest BCUT2D eigenvalue weighted by atomic mass is 10.0. The van der Waals surface area contributed by atoms with E-state index in [-0.39, 0.29) is 28.4 Å². The third-order valence-electron chi connectivity index (χ3n) is 3.95. The Hall–Kier alpha value is -2.65. The fraction of sp³-hybridized carbons (Fsp3) is 0.278. The number of nitrogens with one attached hydrogen (secondary N) is 1. The summed E-state index contributed by atoms with van der Waals surface area (Å²) >= 11 is 0.